The predicted molar refractivity (Wildman–Crippen MR) is 195 cm³/mol. The summed E-state index contributed by atoms with van der Waals surface area (Å²) in [5, 5.41) is 7.93. The van der Waals surface area contributed by atoms with Gasteiger partial charge in [-0.15, -0.1) is 5.10 Å². The minimum Gasteiger partial charge on any atom is -0.275 e. The fraction of sp³-hybridized carbons (Fsp3) is 0.293. The van der Waals surface area contributed by atoms with Crippen LogP contribution in [0.25, 0.3) is 44.3 Å². The Morgan fingerprint density at radius 3 is 1.64 bits per heavy atom. The van der Waals surface area contributed by atoms with E-state index in [-0.39, 0.29) is 0 Å². The lowest BCUT2D eigenvalue weighted by Gasteiger charge is -2.22. The maximum absolute atomic E-state index is 5.72. The maximum Gasteiger partial charge on any atom is 0.239 e. The van der Waals surface area contributed by atoms with Gasteiger partial charge in [0.2, 0.25) is 5.62 Å². The largest absolute Gasteiger partial charge is 0.275 e. The van der Waals surface area contributed by atoms with E-state index < -0.39 is 0 Å². The summed E-state index contributed by atoms with van der Waals surface area (Å²) in [7, 11) is 0. The van der Waals surface area contributed by atoms with Crippen molar-refractivity contribution in [1.82, 2.24) is 23.8 Å². The minimum absolute atomic E-state index is 0.291. The molecule has 238 valence electrons. The molecule has 0 unspecified atom stereocenters. The number of fused-ring (bicyclic) bond motifs is 4. The first kappa shape index (κ1) is 30.7. The quantitative estimate of drug-likeness (QED) is 0.178. The van der Waals surface area contributed by atoms with E-state index in [4.69, 9.17) is 10.1 Å². The zero-order valence-electron chi connectivity index (χ0n) is 28.7. The molecule has 7 rings (SSSR count). The second-order valence-corrected chi connectivity index (χ2v) is 13.8. The fourth-order valence-electron chi connectivity index (χ4n) is 7.09. The van der Waals surface area contributed by atoms with Crippen LogP contribution in [-0.2, 0) is 0 Å². The first-order valence-corrected chi connectivity index (χ1v) is 16.9. The van der Waals surface area contributed by atoms with Crippen molar-refractivity contribution in [2.24, 2.45) is 5.10 Å². The number of nitrogens with zero attached hydrogens (tertiary/aromatic N) is 6. The molecule has 0 bridgehead atoms. The van der Waals surface area contributed by atoms with E-state index in [0.717, 1.165) is 44.3 Å². The third kappa shape index (κ3) is 4.98. The summed E-state index contributed by atoms with van der Waals surface area (Å²) in [5.41, 5.74) is 12.2. The van der Waals surface area contributed by atoms with Crippen molar-refractivity contribution in [3.8, 4) is 11.4 Å². The fourth-order valence-corrected chi connectivity index (χ4v) is 7.09. The highest BCUT2D eigenvalue weighted by Gasteiger charge is 2.26. The van der Waals surface area contributed by atoms with Crippen molar-refractivity contribution in [1.29, 1.82) is 0 Å². The van der Waals surface area contributed by atoms with Gasteiger partial charge in [0.1, 0.15) is 0 Å². The standard InChI is InChI=1S/C41H44N6/c1-25(2)29-15-11-16-30(26(3)4)38(29)45-37-20-13-22-43-40(37)46(39-31(27(5)6)17-12-18-32(39)28(7)8)41(45)44-47-35-19-10-9-14-33(35)34-24-42-23-21-36(34)47/h9-28H,1-8H3/b44-41+. The van der Waals surface area contributed by atoms with Gasteiger partial charge < -0.3 is 0 Å². The molecule has 0 N–H and O–H groups in total. The SMILES string of the molecule is CC(C)c1cccc(C(C)C)c1-n1/c(=N\n2c3ccccc3c3cnccc32)n(-c2c(C(C)C)cccc2C(C)C)c2ncccc21. The number of rotatable bonds is 7. The molecule has 47 heavy (non-hydrogen) atoms. The summed E-state index contributed by atoms with van der Waals surface area (Å²) in [6.45, 7) is 18.2. The van der Waals surface area contributed by atoms with Gasteiger partial charge in [-0.3, -0.25) is 14.1 Å². The molecule has 6 heteroatoms. The molecular weight excluding hydrogens is 576 g/mol. The Bertz CT molecular complexity index is 2120. The Morgan fingerprint density at radius 2 is 1.04 bits per heavy atom. The Morgan fingerprint density at radius 1 is 0.511 bits per heavy atom. The van der Waals surface area contributed by atoms with Gasteiger partial charge in [-0.05, 0) is 70.2 Å². The van der Waals surface area contributed by atoms with Crippen molar-refractivity contribution < 1.29 is 0 Å². The molecule has 6 nitrogen and oxygen atoms in total. The zero-order chi connectivity index (χ0) is 33.0. The van der Waals surface area contributed by atoms with E-state index in [0.29, 0.717) is 23.7 Å². The van der Waals surface area contributed by atoms with Crippen LogP contribution in [0.15, 0.2) is 103 Å². The van der Waals surface area contributed by atoms with E-state index in [9.17, 15) is 0 Å². The summed E-state index contributed by atoms with van der Waals surface area (Å²) in [6.07, 6.45) is 5.71. The molecule has 4 aromatic heterocycles. The van der Waals surface area contributed by atoms with Gasteiger partial charge in [0.25, 0.3) is 0 Å². The second-order valence-electron chi connectivity index (χ2n) is 13.8. The van der Waals surface area contributed by atoms with Crippen LogP contribution in [-0.4, -0.2) is 23.8 Å². The second kappa shape index (κ2) is 12.0. The van der Waals surface area contributed by atoms with Gasteiger partial charge in [-0.1, -0.05) is 110 Å². The van der Waals surface area contributed by atoms with Crippen LogP contribution in [0.3, 0.4) is 0 Å². The minimum atomic E-state index is 0.291. The van der Waals surface area contributed by atoms with E-state index in [1.54, 1.807) is 0 Å². The van der Waals surface area contributed by atoms with Crippen LogP contribution in [0.1, 0.15) is 101 Å². The van der Waals surface area contributed by atoms with Crippen molar-refractivity contribution >= 4 is 33.0 Å². The topological polar surface area (TPSA) is 52.9 Å². The molecular formula is C41H44N6. The molecule has 0 radical (unpaired) electrons. The highest BCUT2D eigenvalue weighted by Crippen LogP contribution is 2.36. The number of aromatic nitrogens is 5. The zero-order valence-corrected chi connectivity index (χ0v) is 28.7. The van der Waals surface area contributed by atoms with Gasteiger partial charge in [-0.2, -0.15) is 0 Å². The third-order valence-corrected chi connectivity index (χ3v) is 9.39. The number of benzene rings is 3. The highest BCUT2D eigenvalue weighted by molar-refractivity contribution is 6.07. The molecule has 0 fully saturated rings. The van der Waals surface area contributed by atoms with Crippen LogP contribution in [0.4, 0.5) is 0 Å². The molecule has 0 amide bonds. The average Bonchev–Trinajstić information content (AvgIpc) is 3.56. The molecule has 4 heterocycles. The molecule has 0 aliphatic heterocycles. The van der Waals surface area contributed by atoms with Crippen LogP contribution in [0.2, 0.25) is 0 Å². The molecule has 0 saturated heterocycles. The van der Waals surface area contributed by atoms with Crippen LogP contribution < -0.4 is 5.62 Å². The normalized spacial score (nSPS) is 12.7. The van der Waals surface area contributed by atoms with E-state index in [1.807, 2.05) is 24.7 Å². The maximum atomic E-state index is 5.72. The van der Waals surface area contributed by atoms with E-state index in [1.165, 1.54) is 27.9 Å². The number of imidazole rings is 1. The van der Waals surface area contributed by atoms with Crippen LogP contribution in [0, 0.1) is 0 Å². The summed E-state index contributed by atoms with van der Waals surface area (Å²) in [6, 6.07) is 28.3. The van der Waals surface area contributed by atoms with Gasteiger partial charge in [0.15, 0.2) is 5.65 Å². The number of para-hydroxylation sites is 3. The molecule has 3 aromatic carbocycles. The van der Waals surface area contributed by atoms with Crippen molar-refractivity contribution in [2.45, 2.75) is 79.1 Å². The number of hydrogen-bond acceptors (Lipinski definition) is 3. The Kier molecular flexibility index (Phi) is 7.83. The smallest absolute Gasteiger partial charge is 0.239 e. The molecule has 0 aliphatic rings. The summed E-state index contributed by atoms with van der Waals surface area (Å²) < 4.78 is 6.83. The average molecular weight is 621 g/mol. The molecule has 0 atom stereocenters. The molecule has 0 spiro atoms. The first-order chi connectivity index (χ1) is 22.7. The lowest BCUT2D eigenvalue weighted by atomic mass is 9.92. The Labute approximate surface area is 277 Å². The van der Waals surface area contributed by atoms with Crippen LogP contribution >= 0.6 is 0 Å². The lowest BCUT2D eigenvalue weighted by molar-refractivity contribution is 0.737. The van der Waals surface area contributed by atoms with Crippen molar-refractivity contribution in [3.63, 3.8) is 0 Å². The Hall–Kier alpha value is -4.97. The number of pyridine rings is 2. The molecule has 0 aliphatic carbocycles. The van der Waals surface area contributed by atoms with Gasteiger partial charge in [0.05, 0.1) is 27.9 Å². The lowest BCUT2D eigenvalue weighted by Crippen LogP contribution is -2.29. The summed E-state index contributed by atoms with van der Waals surface area (Å²) in [4.78, 5) is 9.63. The van der Waals surface area contributed by atoms with Crippen molar-refractivity contribution in [3.05, 3.63) is 125 Å². The molecule has 0 saturated carbocycles. The Balaban J connectivity index is 1.79. The van der Waals surface area contributed by atoms with Crippen molar-refractivity contribution in [2.75, 3.05) is 0 Å². The summed E-state index contributed by atoms with van der Waals surface area (Å²) in [5.74, 6) is 1.18. The first-order valence-electron chi connectivity index (χ1n) is 16.9. The summed E-state index contributed by atoms with van der Waals surface area (Å²) >= 11 is 0. The number of hydrogen-bond donors (Lipinski definition) is 0. The van der Waals surface area contributed by atoms with Gasteiger partial charge in [0, 0.05) is 29.4 Å². The van der Waals surface area contributed by atoms with Gasteiger partial charge >= 0.3 is 0 Å². The third-order valence-electron chi connectivity index (χ3n) is 9.39. The van der Waals surface area contributed by atoms with E-state index in [2.05, 4.69) is 147 Å². The molecule has 7 aromatic rings. The van der Waals surface area contributed by atoms with Gasteiger partial charge in [-0.25, -0.2) is 9.66 Å². The predicted octanol–water partition coefficient (Wildman–Crippen LogP) is 10.2. The highest BCUT2D eigenvalue weighted by atomic mass is 15.4. The van der Waals surface area contributed by atoms with E-state index >= 15 is 0 Å². The monoisotopic (exact) mass is 620 g/mol. The van der Waals surface area contributed by atoms with Crippen LogP contribution in [0.5, 0.6) is 0 Å².